The van der Waals surface area contributed by atoms with E-state index >= 15 is 0 Å². The van der Waals surface area contributed by atoms with Crippen LogP contribution < -0.4 is 0 Å². The number of benzene rings is 3. The van der Waals surface area contributed by atoms with E-state index in [1.807, 2.05) is 30.3 Å². The third-order valence-electron chi connectivity index (χ3n) is 3.16. The highest BCUT2D eigenvalue weighted by Crippen LogP contribution is 2.28. The van der Waals surface area contributed by atoms with Gasteiger partial charge in [0.25, 0.3) is 0 Å². The first kappa shape index (κ1) is 12.0. The average molecular weight is 308 g/mol. The van der Waals surface area contributed by atoms with Crippen LogP contribution in [0.1, 0.15) is 5.56 Å². The number of nitrogens with zero attached hydrogens (tertiary/aromatic N) is 1. The van der Waals surface area contributed by atoms with Crippen molar-refractivity contribution in [2.24, 2.45) is 0 Å². The Morgan fingerprint density at radius 1 is 0.842 bits per heavy atom. The zero-order valence-electron chi connectivity index (χ0n) is 10.1. The van der Waals surface area contributed by atoms with Gasteiger partial charge in [0.15, 0.2) is 0 Å². The van der Waals surface area contributed by atoms with Gasteiger partial charge in [-0.25, -0.2) is 0 Å². The van der Waals surface area contributed by atoms with Crippen LogP contribution in [0.2, 0.25) is 0 Å². The van der Waals surface area contributed by atoms with Gasteiger partial charge in [-0.05, 0) is 40.1 Å². The Balaban J connectivity index is 2.22. The van der Waals surface area contributed by atoms with Gasteiger partial charge in [0.05, 0.1) is 11.6 Å². The number of rotatable bonds is 1. The van der Waals surface area contributed by atoms with Crippen LogP contribution in [-0.4, -0.2) is 0 Å². The maximum Gasteiger partial charge on any atom is 0.0998 e. The molecule has 90 valence electrons. The predicted molar refractivity (Wildman–Crippen MR) is 81.8 cm³/mol. The summed E-state index contributed by atoms with van der Waals surface area (Å²) in [5, 5.41) is 11.6. The number of fused-ring (bicyclic) bond motifs is 1. The highest BCUT2D eigenvalue weighted by atomic mass is 79.9. The lowest BCUT2D eigenvalue weighted by Crippen LogP contribution is -1.85. The van der Waals surface area contributed by atoms with E-state index in [9.17, 15) is 5.26 Å². The summed E-state index contributed by atoms with van der Waals surface area (Å²) in [5.74, 6) is 0. The summed E-state index contributed by atoms with van der Waals surface area (Å²) in [6.07, 6.45) is 0. The minimum absolute atomic E-state index is 0.685. The summed E-state index contributed by atoms with van der Waals surface area (Å²) in [6.45, 7) is 0. The molecule has 0 atom stereocenters. The molecule has 19 heavy (non-hydrogen) atoms. The van der Waals surface area contributed by atoms with Crippen LogP contribution in [0.3, 0.4) is 0 Å². The van der Waals surface area contributed by atoms with E-state index in [0.29, 0.717) is 5.56 Å². The second-order valence-electron chi connectivity index (χ2n) is 4.36. The summed E-state index contributed by atoms with van der Waals surface area (Å²) in [7, 11) is 0. The number of hydrogen-bond acceptors (Lipinski definition) is 1. The van der Waals surface area contributed by atoms with Gasteiger partial charge in [-0.15, -0.1) is 0 Å². The van der Waals surface area contributed by atoms with E-state index in [1.165, 1.54) is 10.8 Å². The fourth-order valence-electron chi connectivity index (χ4n) is 2.22. The standard InChI is InChI=1S/C17H10BrN/c18-16-7-8-17(15(10-16)11-19)14-6-5-12-3-1-2-4-13(12)9-14/h1-10H. The lowest BCUT2D eigenvalue weighted by atomic mass is 9.98. The molecule has 0 amide bonds. The SMILES string of the molecule is N#Cc1cc(Br)ccc1-c1ccc2ccccc2c1. The fourth-order valence-corrected chi connectivity index (χ4v) is 2.58. The Labute approximate surface area is 120 Å². The molecule has 0 radical (unpaired) electrons. The average Bonchev–Trinajstić information content (AvgIpc) is 2.46. The molecule has 0 aliphatic carbocycles. The summed E-state index contributed by atoms with van der Waals surface area (Å²) in [5.41, 5.74) is 2.73. The van der Waals surface area contributed by atoms with Crippen LogP contribution in [0, 0.1) is 11.3 Å². The van der Waals surface area contributed by atoms with Crippen LogP contribution in [-0.2, 0) is 0 Å². The van der Waals surface area contributed by atoms with E-state index in [0.717, 1.165) is 15.6 Å². The molecule has 0 aliphatic heterocycles. The largest absolute Gasteiger partial charge is 0.192 e. The molecule has 1 nitrogen and oxygen atoms in total. The molecule has 0 spiro atoms. The zero-order valence-corrected chi connectivity index (χ0v) is 11.7. The molecule has 2 heteroatoms. The highest BCUT2D eigenvalue weighted by Gasteiger charge is 2.06. The van der Waals surface area contributed by atoms with Gasteiger partial charge in [-0.2, -0.15) is 5.26 Å². The Kier molecular flexibility index (Phi) is 3.06. The lowest BCUT2D eigenvalue weighted by molar-refractivity contribution is 1.47. The van der Waals surface area contributed by atoms with Crippen molar-refractivity contribution in [1.82, 2.24) is 0 Å². The number of nitriles is 1. The fraction of sp³-hybridized carbons (Fsp3) is 0. The summed E-state index contributed by atoms with van der Waals surface area (Å²) < 4.78 is 0.925. The number of halogens is 1. The van der Waals surface area contributed by atoms with Crippen molar-refractivity contribution in [3.63, 3.8) is 0 Å². The maximum absolute atomic E-state index is 9.25. The summed E-state index contributed by atoms with van der Waals surface area (Å²) in [4.78, 5) is 0. The van der Waals surface area contributed by atoms with Gasteiger partial charge in [0.1, 0.15) is 0 Å². The van der Waals surface area contributed by atoms with Crippen LogP contribution >= 0.6 is 15.9 Å². The molecule has 3 aromatic carbocycles. The van der Waals surface area contributed by atoms with Crippen molar-refractivity contribution < 1.29 is 0 Å². The first-order valence-corrected chi connectivity index (χ1v) is 6.76. The van der Waals surface area contributed by atoms with Gasteiger partial charge in [-0.3, -0.25) is 0 Å². The van der Waals surface area contributed by atoms with E-state index in [-0.39, 0.29) is 0 Å². The van der Waals surface area contributed by atoms with Crippen LogP contribution in [0.4, 0.5) is 0 Å². The molecule has 0 saturated heterocycles. The first-order chi connectivity index (χ1) is 9.28. The Bertz CT molecular complexity index is 800. The molecule has 0 unspecified atom stereocenters. The highest BCUT2D eigenvalue weighted by molar-refractivity contribution is 9.10. The predicted octanol–water partition coefficient (Wildman–Crippen LogP) is 5.14. The Morgan fingerprint density at radius 2 is 1.63 bits per heavy atom. The molecule has 3 rings (SSSR count). The van der Waals surface area contributed by atoms with Crippen molar-refractivity contribution in [2.75, 3.05) is 0 Å². The van der Waals surface area contributed by atoms with Crippen LogP contribution in [0.15, 0.2) is 65.1 Å². The van der Waals surface area contributed by atoms with Gasteiger partial charge in [0.2, 0.25) is 0 Å². The van der Waals surface area contributed by atoms with E-state index in [1.54, 1.807) is 0 Å². The quantitative estimate of drug-likeness (QED) is 0.610. The third-order valence-corrected chi connectivity index (χ3v) is 3.66. The maximum atomic E-state index is 9.25. The van der Waals surface area contributed by atoms with Crippen molar-refractivity contribution in [2.45, 2.75) is 0 Å². The summed E-state index contributed by atoms with van der Waals surface area (Å²) >= 11 is 3.40. The van der Waals surface area contributed by atoms with Crippen molar-refractivity contribution >= 4 is 26.7 Å². The minimum atomic E-state index is 0.685. The summed E-state index contributed by atoms with van der Waals surface area (Å²) in [6, 6.07) is 22.6. The van der Waals surface area contributed by atoms with Crippen molar-refractivity contribution in [1.29, 1.82) is 5.26 Å². The van der Waals surface area contributed by atoms with E-state index in [4.69, 9.17) is 0 Å². The second kappa shape index (κ2) is 4.87. The lowest BCUT2D eigenvalue weighted by Gasteiger charge is -2.06. The van der Waals surface area contributed by atoms with Gasteiger partial charge < -0.3 is 0 Å². The molecule has 3 aromatic rings. The normalized spacial score (nSPS) is 10.3. The minimum Gasteiger partial charge on any atom is -0.192 e. The second-order valence-corrected chi connectivity index (χ2v) is 5.28. The zero-order chi connectivity index (χ0) is 13.2. The molecule has 0 N–H and O–H groups in total. The van der Waals surface area contributed by atoms with Crippen LogP contribution in [0.5, 0.6) is 0 Å². The molecular weight excluding hydrogens is 298 g/mol. The third kappa shape index (κ3) is 2.25. The Hall–Kier alpha value is -2.11. The van der Waals surface area contributed by atoms with Gasteiger partial charge >= 0.3 is 0 Å². The molecule has 0 heterocycles. The molecule has 0 bridgehead atoms. The Morgan fingerprint density at radius 3 is 2.42 bits per heavy atom. The van der Waals surface area contributed by atoms with E-state index in [2.05, 4.69) is 52.3 Å². The molecule has 0 aliphatic rings. The molecule has 0 saturated carbocycles. The first-order valence-electron chi connectivity index (χ1n) is 5.97. The van der Waals surface area contributed by atoms with E-state index < -0.39 is 0 Å². The molecule has 0 fully saturated rings. The van der Waals surface area contributed by atoms with Crippen LogP contribution in [0.25, 0.3) is 21.9 Å². The van der Waals surface area contributed by atoms with Crippen molar-refractivity contribution in [3.8, 4) is 17.2 Å². The number of hydrogen-bond donors (Lipinski definition) is 0. The monoisotopic (exact) mass is 307 g/mol. The van der Waals surface area contributed by atoms with Crippen molar-refractivity contribution in [3.05, 3.63) is 70.7 Å². The van der Waals surface area contributed by atoms with Gasteiger partial charge in [0, 0.05) is 4.47 Å². The molecular formula is C17H10BrN. The van der Waals surface area contributed by atoms with Gasteiger partial charge in [-0.1, -0.05) is 58.4 Å². The smallest absolute Gasteiger partial charge is 0.0998 e. The molecule has 0 aromatic heterocycles. The topological polar surface area (TPSA) is 23.8 Å².